The Morgan fingerprint density at radius 3 is 2.86 bits per heavy atom. The van der Waals surface area contributed by atoms with Crippen LogP contribution in [0.5, 0.6) is 5.75 Å². The molecular formula is C22H18N2O2S2. The van der Waals surface area contributed by atoms with Gasteiger partial charge in [0.1, 0.15) is 17.9 Å². The number of thiophene rings is 1. The first kappa shape index (κ1) is 17.6. The van der Waals surface area contributed by atoms with Crippen LogP contribution in [0.15, 0.2) is 69.3 Å². The summed E-state index contributed by atoms with van der Waals surface area (Å²) in [6.45, 7) is 1.46. The van der Waals surface area contributed by atoms with Crippen molar-refractivity contribution in [1.29, 1.82) is 0 Å². The molecule has 0 atom stereocenters. The van der Waals surface area contributed by atoms with Gasteiger partial charge in [-0.25, -0.2) is 4.98 Å². The van der Waals surface area contributed by atoms with E-state index in [9.17, 15) is 0 Å². The summed E-state index contributed by atoms with van der Waals surface area (Å²) in [7, 11) is 0. The summed E-state index contributed by atoms with van der Waals surface area (Å²) in [4.78, 5) is 7.02. The van der Waals surface area contributed by atoms with Crippen molar-refractivity contribution in [3.05, 3.63) is 76.0 Å². The third kappa shape index (κ3) is 3.85. The Bertz CT molecular complexity index is 1110. The Hall–Kier alpha value is -2.54. The van der Waals surface area contributed by atoms with Crippen LogP contribution in [0.2, 0.25) is 0 Å². The van der Waals surface area contributed by atoms with E-state index in [-0.39, 0.29) is 0 Å². The van der Waals surface area contributed by atoms with Crippen molar-refractivity contribution in [2.75, 3.05) is 12.4 Å². The van der Waals surface area contributed by atoms with Crippen LogP contribution >= 0.6 is 23.1 Å². The molecule has 0 aliphatic carbocycles. The fourth-order valence-corrected chi connectivity index (χ4v) is 4.51. The first-order valence-electron chi connectivity index (χ1n) is 9.04. The smallest absolute Gasteiger partial charge is 0.237 e. The number of ether oxygens (including phenoxy) is 1. The fourth-order valence-electron chi connectivity index (χ4n) is 3.04. The molecule has 1 fully saturated rings. The Morgan fingerprint density at radius 1 is 1.14 bits per heavy atom. The van der Waals surface area contributed by atoms with Gasteiger partial charge in [0, 0.05) is 17.3 Å². The van der Waals surface area contributed by atoms with E-state index in [0.717, 1.165) is 39.7 Å². The van der Waals surface area contributed by atoms with Gasteiger partial charge in [-0.3, -0.25) is 0 Å². The third-order valence-corrected chi connectivity index (χ3v) is 6.30. The standard InChI is InChI=1S/C22H18N2O2S2/c1-2-21(27-9-1)22-24-19-11-16(5-8-20(19)26-22)13-25-17-6-3-15(4-7-17)10-18-12-23-14-28-18/h1-11,23H,12-14H2. The zero-order chi connectivity index (χ0) is 18.8. The summed E-state index contributed by atoms with van der Waals surface area (Å²) in [6, 6.07) is 18.2. The molecule has 0 bridgehead atoms. The molecule has 0 amide bonds. The number of nitrogens with one attached hydrogen (secondary N) is 1. The van der Waals surface area contributed by atoms with Crippen LogP contribution in [-0.2, 0) is 6.61 Å². The summed E-state index contributed by atoms with van der Waals surface area (Å²) < 4.78 is 11.8. The van der Waals surface area contributed by atoms with E-state index in [1.807, 2.05) is 59.6 Å². The highest BCUT2D eigenvalue weighted by Crippen LogP contribution is 2.28. The van der Waals surface area contributed by atoms with Gasteiger partial charge in [0.05, 0.1) is 4.88 Å². The number of thioether (sulfide) groups is 1. The van der Waals surface area contributed by atoms with Crippen molar-refractivity contribution in [2.24, 2.45) is 0 Å². The Labute approximate surface area is 171 Å². The van der Waals surface area contributed by atoms with Gasteiger partial charge in [0.25, 0.3) is 0 Å². The summed E-state index contributed by atoms with van der Waals surface area (Å²) in [5, 5.41) is 5.35. The van der Waals surface area contributed by atoms with Crippen LogP contribution in [-0.4, -0.2) is 17.4 Å². The van der Waals surface area contributed by atoms with Crippen LogP contribution in [0, 0.1) is 0 Å². The number of rotatable bonds is 5. The molecule has 1 aliphatic rings. The zero-order valence-corrected chi connectivity index (χ0v) is 16.7. The van der Waals surface area contributed by atoms with E-state index in [0.29, 0.717) is 12.5 Å². The first-order valence-corrected chi connectivity index (χ1v) is 10.9. The van der Waals surface area contributed by atoms with Crippen molar-refractivity contribution in [1.82, 2.24) is 10.3 Å². The van der Waals surface area contributed by atoms with Gasteiger partial charge in [-0.2, -0.15) is 0 Å². The average Bonchev–Trinajstić information content (AvgIpc) is 3.48. The van der Waals surface area contributed by atoms with Gasteiger partial charge < -0.3 is 14.5 Å². The monoisotopic (exact) mass is 406 g/mol. The van der Waals surface area contributed by atoms with E-state index in [4.69, 9.17) is 9.15 Å². The van der Waals surface area contributed by atoms with Crippen LogP contribution in [0.1, 0.15) is 11.1 Å². The molecule has 2 aromatic carbocycles. The average molecular weight is 407 g/mol. The second-order valence-corrected chi connectivity index (χ2v) is 8.53. The maximum Gasteiger partial charge on any atom is 0.237 e. The second-order valence-electron chi connectivity index (χ2n) is 6.48. The number of aromatic nitrogens is 1. The predicted octanol–water partition coefficient (Wildman–Crippen LogP) is 5.77. The van der Waals surface area contributed by atoms with Gasteiger partial charge in [-0.15, -0.1) is 23.1 Å². The second kappa shape index (κ2) is 7.83. The highest BCUT2D eigenvalue weighted by atomic mass is 32.2. The molecule has 0 saturated carbocycles. The molecule has 4 aromatic rings. The Morgan fingerprint density at radius 2 is 2.07 bits per heavy atom. The van der Waals surface area contributed by atoms with E-state index >= 15 is 0 Å². The van der Waals surface area contributed by atoms with Crippen molar-refractivity contribution < 1.29 is 9.15 Å². The van der Waals surface area contributed by atoms with Crippen LogP contribution in [0.3, 0.4) is 0 Å². The number of hydrogen-bond donors (Lipinski definition) is 1. The van der Waals surface area contributed by atoms with Gasteiger partial charge in [0.2, 0.25) is 5.89 Å². The number of oxazole rings is 1. The van der Waals surface area contributed by atoms with Crippen molar-refractivity contribution >= 4 is 40.3 Å². The number of hydrogen-bond acceptors (Lipinski definition) is 6. The van der Waals surface area contributed by atoms with E-state index in [1.54, 1.807) is 11.3 Å². The van der Waals surface area contributed by atoms with Gasteiger partial charge in [-0.1, -0.05) is 24.3 Å². The molecule has 1 N–H and O–H groups in total. The summed E-state index contributed by atoms with van der Waals surface area (Å²) in [6.07, 6.45) is 2.22. The SMILES string of the molecule is C(=C1CNCS1)c1ccc(OCc2ccc3oc(-c4cccs4)nc3c2)cc1. The van der Waals surface area contributed by atoms with Crippen LogP contribution < -0.4 is 10.1 Å². The molecule has 0 unspecified atom stereocenters. The highest BCUT2D eigenvalue weighted by Gasteiger charge is 2.10. The topological polar surface area (TPSA) is 47.3 Å². The summed E-state index contributed by atoms with van der Waals surface area (Å²) in [5.41, 5.74) is 3.92. The quantitative estimate of drug-likeness (QED) is 0.456. The molecule has 0 spiro atoms. The minimum Gasteiger partial charge on any atom is -0.489 e. The lowest BCUT2D eigenvalue weighted by Crippen LogP contribution is -2.04. The minimum absolute atomic E-state index is 0.497. The zero-order valence-electron chi connectivity index (χ0n) is 15.1. The minimum atomic E-state index is 0.497. The van der Waals surface area contributed by atoms with E-state index in [1.165, 1.54) is 10.5 Å². The molecule has 6 heteroatoms. The highest BCUT2D eigenvalue weighted by molar-refractivity contribution is 8.03. The lowest BCUT2D eigenvalue weighted by molar-refractivity contribution is 0.306. The molecule has 4 nitrogen and oxygen atoms in total. The predicted molar refractivity (Wildman–Crippen MR) is 117 cm³/mol. The van der Waals surface area contributed by atoms with Gasteiger partial charge >= 0.3 is 0 Å². The maximum absolute atomic E-state index is 5.95. The lowest BCUT2D eigenvalue weighted by atomic mass is 10.2. The van der Waals surface area contributed by atoms with Crippen LogP contribution in [0.4, 0.5) is 0 Å². The number of nitrogens with zero attached hydrogens (tertiary/aromatic N) is 1. The van der Waals surface area contributed by atoms with Crippen molar-refractivity contribution in [2.45, 2.75) is 6.61 Å². The maximum atomic E-state index is 5.95. The number of benzene rings is 2. The first-order chi connectivity index (χ1) is 13.8. The molecule has 140 valence electrons. The molecule has 3 heterocycles. The van der Waals surface area contributed by atoms with Crippen LogP contribution in [0.25, 0.3) is 27.9 Å². The molecule has 0 radical (unpaired) electrons. The van der Waals surface area contributed by atoms with Gasteiger partial charge in [0.15, 0.2) is 5.58 Å². The lowest BCUT2D eigenvalue weighted by Gasteiger charge is -2.06. The summed E-state index contributed by atoms with van der Waals surface area (Å²) >= 11 is 3.48. The number of fused-ring (bicyclic) bond motifs is 1. The van der Waals surface area contributed by atoms with E-state index in [2.05, 4.69) is 28.5 Å². The third-order valence-electron chi connectivity index (χ3n) is 4.46. The van der Waals surface area contributed by atoms with Crippen molar-refractivity contribution in [3.8, 4) is 16.5 Å². The Kier molecular flexibility index (Phi) is 4.91. The molecule has 1 saturated heterocycles. The Balaban J connectivity index is 1.27. The normalized spacial score (nSPS) is 15.5. The fraction of sp³-hybridized carbons (Fsp3) is 0.136. The van der Waals surface area contributed by atoms with E-state index < -0.39 is 0 Å². The molecule has 28 heavy (non-hydrogen) atoms. The van der Waals surface area contributed by atoms with Gasteiger partial charge in [-0.05, 0) is 52.9 Å². The molecular weight excluding hydrogens is 388 g/mol. The molecule has 5 rings (SSSR count). The molecule has 1 aliphatic heterocycles. The van der Waals surface area contributed by atoms with Crippen molar-refractivity contribution in [3.63, 3.8) is 0 Å². The molecule has 2 aromatic heterocycles. The summed E-state index contributed by atoms with van der Waals surface area (Å²) in [5.74, 6) is 2.53. The largest absolute Gasteiger partial charge is 0.489 e.